The van der Waals surface area contributed by atoms with Gasteiger partial charge in [-0.1, -0.05) is 87.6 Å². The van der Waals surface area contributed by atoms with Gasteiger partial charge in [0.15, 0.2) is 0 Å². The summed E-state index contributed by atoms with van der Waals surface area (Å²) < 4.78 is 6.42. The van der Waals surface area contributed by atoms with Crippen LogP contribution in [0.5, 0.6) is 0 Å². The molecule has 116 valence electrons. The Balaban J connectivity index is 2.89. The van der Waals surface area contributed by atoms with Crippen LogP contribution in [0.4, 0.5) is 0 Å². The van der Waals surface area contributed by atoms with Crippen LogP contribution in [0.1, 0.15) is 12.5 Å². The largest absolute Gasteiger partial charge is 0.466 e. The van der Waals surface area contributed by atoms with E-state index in [1.165, 1.54) is 12.7 Å². The van der Waals surface area contributed by atoms with E-state index in [9.17, 15) is 4.79 Å². The van der Waals surface area contributed by atoms with Crippen molar-refractivity contribution in [1.29, 1.82) is 0 Å². The number of nitrogens with zero attached hydrogens (tertiary/aromatic N) is 1. The quantitative estimate of drug-likeness (QED) is 0.175. The first kappa shape index (κ1) is 18.7. The predicted octanol–water partition coefficient (Wildman–Crippen LogP) is 3.65. The zero-order valence-electron chi connectivity index (χ0n) is 12.1. The number of ether oxygens (including phenoxy) is 1. The topological polar surface area (TPSA) is 47.9 Å². The van der Waals surface area contributed by atoms with Crippen LogP contribution < -0.4 is 0 Å². The number of rotatable bonds is 8. The predicted molar refractivity (Wildman–Crippen MR) is 101 cm³/mol. The van der Waals surface area contributed by atoms with Crippen molar-refractivity contribution in [3.8, 4) is 0 Å². The Bertz CT molecular complexity index is 473. The first-order valence-corrected chi connectivity index (χ1v) is 9.53. The summed E-state index contributed by atoms with van der Waals surface area (Å²) in [5.41, 5.74) is 2.06. The van der Waals surface area contributed by atoms with Gasteiger partial charge in [-0.15, -0.1) is 0 Å². The molecule has 0 saturated heterocycles. The van der Waals surface area contributed by atoms with E-state index in [4.69, 9.17) is 4.84 Å². The van der Waals surface area contributed by atoms with E-state index >= 15 is 0 Å². The summed E-state index contributed by atoms with van der Waals surface area (Å²) in [6.07, 6.45) is 0.713. The Hall–Kier alpha value is -0.380. The van der Waals surface area contributed by atoms with Gasteiger partial charge < -0.3 is 9.57 Å². The van der Waals surface area contributed by atoms with Crippen molar-refractivity contribution < 1.29 is 14.4 Å². The highest BCUT2D eigenvalue weighted by Gasteiger charge is 2.29. The molecule has 1 aromatic rings. The number of carbonyl (C=O) groups is 1. The van der Waals surface area contributed by atoms with Gasteiger partial charge in [-0.3, -0.25) is 0 Å². The summed E-state index contributed by atoms with van der Waals surface area (Å²) in [7, 11) is 1.33. The van der Waals surface area contributed by atoms with Crippen LogP contribution in [0, 0.1) is 5.41 Å². The maximum atomic E-state index is 11.1. The van der Waals surface area contributed by atoms with Gasteiger partial charge in [0.1, 0.15) is 0 Å². The second-order valence-corrected chi connectivity index (χ2v) is 6.40. The molecule has 0 spiro atoms. The van der Waals surface area contributed by atoms with Crippen LogP contribution in [0.15, 0.2) is 35.5 Å². The number of alkyl halides is 2. The van der Waals surface area contributed by atoms with Crippen molar-refractivity contribution in [3.05, 3.63) is 35.9 Å². The Kier molecular flexibility index (Phi) is 8.53. The number of oxime groups is 1. The monoisotopic (exact) mass is 515 g/mol. The smallest absolute Gasteiger partial charge is 0.346 e. The number of benzene rings is 1. The molecule has 0 unspecified atom stereocenters. The van der Waals surface area contributed by atoms with Gasteiger partial charge in [-0.25, -0.2) is 4.79 Å². The van der Waals surface area contributed by atoms with Crippen molar-refractivity contribution >= 4 is 56.9 Å². The Morgan fingerprint density at radius 2 is 1.86 bits per heavy atom. The molecule has 0 heterocycles. The molecule has 0 atom stereocenters. The molecule has 1 aromatic carbocycles. The lowest BCUT2D eigenvalue weighted by molar-refractivity contribution is -0.145. The van der Waals surface area contributed by atoms with Gasteiger partial charge >= 0.3 is 5.97 Å². The summed E-state index contributed by atoms with van der Waals surface area (Å²) in [5.74, 6) is -0.427. The van der Waals surface area contributed by atoms with Crippen LogP contribution in [-0.4, -0.2) is 34.3 Å². The van der Waals surface area contributed by atoms with Gasteiger partial charge in [-0.05, 0) is 5.56 Å². The third-order valence-electron chi connectivity index (χ3n) is 3.09. The minimum atomic E-state index is -0.427. The third kappa shape index (κ3) is 6.09. The standard InChI is InChI=1S/C15H19I2NO3/c1-15(10-16,11-17)13(18-21-9-14(19)20-2)8-12-6-4-3-5-7-12/h3-7H,8-11H2,1-2H3. The number of halogens is 2. The number of carbonyl (C=O) groups excluding carboxylic acids is 1. The lowest BCUT2D eigenvalue weighted by Gasteiger charge is -2.26. The van der Waals surface area contributed by atoms with E-state index in [2.05, 4.69) is 74.1 Å². The van der Waals surface area contributed by atoms with Gasteiger partial charge in [0, 0.05) is 20.7 Å². The van der Waals surface area contributed by atoms with E-state index in [0.717, 1.165) is 14.6 Å². The first-order valence-electron chi connectivity index (χ1n) is 6.47. The number of methoxy groups -OCH3 is 1. The van der Waals surface area contributed by atoms with Crippen LogP contribution in [0.2, 0.25) is 0 Å². The maximum absolute atomic E-state index is 11.1. The molecule has 0 N–H and O–H groups in total. The van der Waals surface area contributed by atoms with E-state index in [-0.39, 0.29) is 12.0 Å². The van der Waals surface area contributed by atoms with Crippen LogP contribution in [-0.2, 0) is 20.8 Å². The van der Waals surface area contributed by atoms with Gasteiger partial charge in [0.25, 0.3) is 0 Å². The van der Waals surface area contributed by atoms with Gasteiger partial charge in [0.2, 0.25) is 6.61 Å². The van der Waals surface area contributed by atoms with E-state index in [1.54, 1.807) is 0 Å². The average molecular weight is 515 g/mol. The molecule has 1 rings (SSSR count). The van der Waals surface area contributed by atoms with Crippen LogP contribution >= 0.6 is 45.2 Å². The maximum Gasteiger partial charge on any atom is 0.346 e. The SMILES string of the molecule is COC(=O)CON=C(Cc1ccccc1)C(C)(CI)CI. The number of hydrogen-bond acceptors (Lipinski definition) is 4. The number of esters is 1. The van der Waals surface area contributed by atoms with E-state index < -0.39 is 5.97 Å². The minimum Gasteiger partial charge on any atom is -0.466 e. The molecule has 0 aliphatic heterocycles. The highest BCUT2D eigenvalue weighted by atomic mass is 127. The van der Waals surface area contributed by atoms with E-state index in [1.807, 2.05) is 18.2 Å². The molecule has 0 aliphatic rings. The van der Waals surface area contributed by atoms with Gasteiger partial charge in [0.05, 0.1) is 12.8 Å². The zero-order chi connectivity index (χ0) is 15.7. The molecule has 0 bridgehead atoms. The molecule has 21 heavy (non-hydrogen) atoms. The van der Waals surface area contributed by atoms with E-state index in [0.29, 0.717) is 6.42 Å². The molecule has 0 aliphatic carbocycles. The van der Waals surface area contributed by atoms with Crippen molar-refractivity contribution in [1.82, 2.24) is 0 Å². The molecular formula is C15H19I2NO3. The van der Waals surface area contributed by atoms with Crippen LogP contribution in [0.25, 0.3) is 0 Å². The molecule has 0 radical (unpaired) electrons. The second-order valence-electron chi connectivity index (χ2n) is 4.88. The fraction of sp³-hybridized carbons (Fsp3) is 0.467. The van der Waals surface area contributed by atoms with Gasteiger partial charge in [-0.2, -0.15) is 0 Å². The van der Waals surface area contributed by atoms with Crippen LogP contribution in [0.3, 0.4) is 0 Å². The molecule has 0 aromatic heterocycles. The Morgan fingerprint density at radius 1 is 1.24 bits per heavy atom. The molecule has 0 amide bonds. The fourth-order valence-corrected chi connectivity index (χ4v) is 4.01. The lowest BCUT2D eigenvalue weighted by atomic mass is 9.86. The first-order chi connectivity index (χ1) is 10.1. The van der Waals surface area contributed by atoms with Crippen molar-refractivity contribution in [3.63, 3.8) is 0 Å². The van der Waals surface area contributed by atoms with Crippen molar-refractivity contribution in [2.75, 3.05) is 22.6 Å². The minimum absolute atomic E-state index is 0.0624. The lowest BCUT2D eigenvalue weighted by Crippen LogP contribution is -2.33. The highest BCUT2D eigenvalue weighted by Crippen LogP contribution is 2.27. The summed E-state index contributed by atoms with van der Waals surface area (Å²) in [5, 5.41) is 4.23. The molecule has 6 heteroatoms. The number of hydrogen-bond donors (Lipinski definition) is 0. The summed E-state index contributed by atoms with van der Waals surface area (Å²) in [6.45, 7) is 2.00. The highest BCUT2D eigenvalue weighted by molar-refractivity contribution is 14.1. The molecule has 4 nitrogen and oxygen atoms in total. The molecule has 0 saturated carbocycles. The second kappa shape index (κ2) is 9.60. The fourth-order valence-electron chi connectivity index (χ4n) is 1.56. The molecular weight excluding hydrogens is 496 g/mol. The third-order valence-corrected chi connectivity index (χ3v) is 6.45. The molecule has 0 fully saturated rings. The summed E-state index contributed by atoms with van der Waals surface area (Å²) in [6, 6.07) is 10.1. The van der Waals surface area contributed by atoms with Crippen molar-refractivity contribution in [2.45, 2.75) is 13.3 Å². The van der Waals surface area contributed by atoms with Crippen molar-refractivity contribution in [2.24, 2.45) is 10.6 Å². The average Bonchev–Trinajstić information content (AvgIpc) is 2.53. The summed E-state index contributed by atoms with van der Waals surface area (Å²) >= 11 is 4.73. The Labute approximate surface area is 152 Å². The Morgan fingerprint density at radius 3 is 2.38 bits per heavy atom. The normalized spacial score (nSPS) is 12.1. The summed E-state index contributed by atoms with van der Waals surface area (Å²) in [4.78, 5) is 16.3. The zero-order valence-corrected chi connectivity index (χ0v) is 16.5.